The van der Waals surface area contributed by atoms with Gasteiger partial charge in [0.2, 0.25) is 0 Å². The van der Waals surface area contributed by atoms with Gasteiger partial charge in [-0.15, -0.1) is 0 Å². The van der Waals surface area contributed by atoms with Crippen LogP contribution in [0.25, 0.3) is 6.08 Å². The van der Waals surface area contributed by atoms with Crippen LogP contribution in [-0.4, -0.2) is 36.5 Å². The van der Waals surface area contributed by atoms with Crippen LogP contribution in [0.3, 0.4) is 0 Å². The molecular weight excluding hydrogens is 456 g/mol. The monoisotopic (exact) mass is 480 g/mol. The van der Waals surface area contributed by atoms with Gasteiger partial charge in [-0.3, -0.25) is 9.36 Å². The predicted octanol–water partition coefficient (Wildman–Crippen LogP) is 2.52. The Hall–Kier alpha value is -3.85. The standard InChI is InChI=1S/C25H24N2O6S/c1-5-33-24(30)21-14(2)26-25-27(22(21)16-7-6-8-17(13-16)31-3)23(29)20(34-25)12-15-9-10-18(28)19(11-15)32-4/h6-13,22,28H,5H2,1-4H3/b20-12-. The first-order chi connectivity index (χ1) is 16.4. The lowest BCUT2D eigenvalue weighted by molar-refractivity contribution is -0.139. The fraction of sp³-hybridized carbons (Fsp3) is 0.240. The lowest BCUT2D eigenvalue weighted by atomic mass is 9.95. The largest absolute Gasteiger partial charge is 0.504 e. The number of phenols is 1. The second kappa shape index (κ2) is 9.56. The molecule has 8 nitrogen and oxygen atoms in total. The number of carbonyl (C=O) groups excluding carboxylic acids is 1. The van der Waals surface area contributed by atoms with E-state index in [1.807, 2.05) is 12.1 Å². The van der Waals surface area contributed by atoms with Gasteiger partial charge in [-0.1, -0.05) is 29.5 Å². The maximum Gasteiger partial charge on any atom is 0.338 e. The molecule has 2 aromatic carbocycles. The average molecular weight is 481 g/mol. The van der Waals surface area contributed by atoms with Crippen LogP contribution in [0.5, 0.6) is 17.2 Å². The number of benzene rings is 2. The van der Waals surface area contributed by atoms with E-state index in [-0.39, 0.29) is 17.9 Å². The van der Waals surface area contributed by atoms with E-state index < -0.39 is 12.0 Å². The Kier molecular flexibility index (Phi) is 6.56. The molecule has 1 N–H and O–H groups in total. The van der Waals surface area contributed by atoms with Crippen LogP contribution in [0.2, 0.25) is 0 Å². The topological polar surface area (TPSA) is 99.4 Å². The summed E-state index contributed by atoms with van der Waals surface area (Å²) in [6.45, 7) is 3.67. The molecule has 1 aliphatic rings. The maximum atomic E-state index is 13.6. The quantitative estimate of drug-likeness (QED) is 0.545. The van der Waals surface area contributed by atoms with E-state index >= 15 is 0 Å². The Balaban J connectivity index is 1.95. The summed E-state index contributed by atoms with van der Waals surface area (Å²) in [7, 11) is 3.02. The minimum atomic E-state index is -0.720. The predicted molar refractivity (Wildman–Crippen MR) is 128 cm³/mol. The summed E-state index contributed by atoms with van der Waals surface area (Å²) >= 11 is 1.22. The van der Waals surface area contributed by atoms with E-state index in [4.69, 9.17) is 14.2 Å². The highest BCUT2D eigenvalue weighted by Gasteiger charge is 2.33. The molecule has 1 atom stereocenters. The van der Waals surface area contributed by atoms with Crippen LogP contribution in [0.1, 0.15) is 31.0 Å². The summed E-state index contributed by atoms with van der Waals surface area (Å²) in [5.74, 6) is 0.396. The van der Waals surface area contributed by atoms with Gasteiger partial charge in [0.15, 0.2) is 16.3 Å². The number of carbonyl (C=O) groups is 1. The molecule has 0 amide bonds. The number of methoxy groups -OCH3 is 2. The zero-order valence-electron chi connectivity index (χ0n) is 19.2. The number of fused-ring (bicyclic) bond motifs is 1. The van der Waals surface area contributed by atoms with Crippen molar-refractivity contribution in [3.8, 4) is 17.2 Å². The highest BCUT2D eigenvalue weighted by molar-refractivity contribution is 7.07. The van der Waals surface area contributed by atoms with Gasteiger partial charge in [0.1, 0.15) is 5.75 Å². The summed E-state index contributed by atoms with van der Waals surface area (Å²) < 4.78 is 17.8. The van der Waals surface area contributed by atoms with Crippen LogP contribution in [0.4, 0.5) is 0 Å². The van der Waals surface area contributed by atoms with Crippen LogP contribution in [0, 0.1) is 0 Å². The minimum Gasteiger partial charge on any atom is -0.504 e. The van der Waals surface area contributed by atoms with Gasteiger partial charge in [0.25, 0.3) is 5.56 Å². The molecule has 4 rings (SSSR count). The Morgan fingerprint density at radius 3 is 2.71 bits per heavy atom. The summed E-state index contributed by atoms with van der Waals surface area (Å²) in [5, 5.41) is 9.87. The van der Waals surface area contributed by atoms with E-state index in [2.05, 4.69) is 4.99 Å². The van der Waals surface area contributed by atoms with Gasteiger partial charge < -0.3 is 19.3 Å². The second-order valence-electron chi connectivity index (χ2n) is 7.51. The first kappa shape index (κ1) is 23.3. The second-order valence-corrected chi connectivity index (χ2v) is 8.52. The number of aromatic hydroxyl groups is 1. The average Bonchev–Trinajstić information content (AvgIpc) is 3.13. The van der Waals surface area contributed by atoms with E-state index in [0.29, 0.717) is 43.2 Å². The highest BCUT2D eigenvalue weighted by Crippen LogP contribution is 2.32. The van der Waals surface area contributed by atoms with Crippen LogP contribution in [-0.2, 0) is 9.53 Å². The molecule has 9 heteroatoms. The van der Waals surface area contributed by atoms with Gasteiger partial charge in [-0.05, 0) is 55.3 Å². The molecule has 0 saturated heterocycles. The number of aromatic nitrogens is 1. The summed E-state index contributed by atoms with van der Waals surface area (Å²) in [4.78, 5) is 31.6. The van der Waals surface area contributed by atoms with Gasteiger partial charge in [-0.25, -0.2) is 9.79 Å². The lowest BCUT2D eigenvalue weighted by Crippen LogP contribution is -2.39. The molecule has 0 aliphatic carbocycles. The summed E-state index contributed by atoms with van der Waals surface area (Å²) in [5.41, 5.74) is 1.89. The van der Waals surface area contributed by atoms with Crippen molar-refractivity contribution < 1.29 is 24.1 Å². The third kappa shape index (κ3) is 4.22. The van der Waals surface area contributed by atoms with Crippen LogP contribution < -0.4 is 24.4 Å². The van der Waals surface area contributed by atoms with Crippen LogP contribution in [0.15, 0.2) is 63.5 Å². The highest BCUT2D eigenvalue weighted by atomic mass is 32.1. The van der Waals surface area contributed by atoms with Crippen molar-refractivity contribution >= 4 is 23.4 Å². The summed E-state index contributed by atoms with van der Waals surface area (Å²) in [6.07, 6.45) is 1.71. The molecule has 0 saturated carbocycles. The third-order valence-electron chi connectivity index (χ3n) is 5.43. The molecule has 176 valence electrons. The Labute approximate surface area is 199 Å². The molecule has 3 aromatic rings. The molecule has 0 bridgehead atoms. The molecule has 34 heavy (non-hydrogen) atoms. The maximum absolute atomic E-state index is 13.6. The smallest absolute Gasteiger partial charge is 0.338 e. The molecule has 0 radical (unpaired) electrons. The number of hydrogen-bond acceptors (Lipinski definition) is 8. The number of thiazole rings is 1. The zero-order valence-corrected chi connectivity index (χ0v) is 20.0. The van der Waals surface area contributed by atoms with Crippen molar-refractivity contribution in [1.82, 2.24) is 4.57 Å². The van der Waals surface area contributed by atoms with Crippen molar-refractivity contribution in [2.24, 2.45) is 4.99 Å². The third-order valence-corrected chi connectivity index (χ3v) is 6.41. The van der Waals surface area contributed by atoms with Gasteiger partial charge in [-0.2, -0.15) is 0 Å². The number of ether oxygens (including phenoxy) is 3. The molecule has 1 aliphatic heterocycles. The van der Waals surface area contributed by atoms with Crippen molar-refractivity contribution in [2.45, 2.75) is 19.9 Å². The number of hydrogen-bond donors (Lipinski definition) is 1. The van der Waals surface area contributed by atoms with Crippen LogP contribution >= 0.6 is 11.3 Å². The first-order valence-corrected chi connectivity index (χ1v) is 11.4. The van der Waals surface area contributed by atoms with Crippen molar-refractivity contribution in [1.29, 1.82) is 0 Å². The number of nitrogens with zero attached hydrogens (tertiary/aromatic N) is 2. The first-order valence-electron chi connectivity index (χ1n) is 10.6. The van der Waals surface area contributed by atoms with Gasteiger partial charge in [0.05, 0.1) is 42.7 Å². The number of esters is 1. The number of rotatable bonds is 6. The molecule has 0 fully saturated rings. The minimum absolute atomic E-state index is 0.00818. The molecule has 0 spiro atoms. The van der Waals surface area contributed by atoms with Crippen molar-refractivity contribution in [3.05, 3.63) is 84.5 Å². The van der Waals surface area contributed by atoms with Gasteiger partial charge >= 0.3 is 5.97 Å². The number of phenolic OH excluding ortho intramolecular Hbond substituents is 1. The lowest BCUT2D eigenvalue weighted by Gasteiger charge is -2.25. The fourth-order valence-corrected chi connectivity index (χ4v) is 4.90. The van der Waals surface area contributed by atoms with E-state index in [1.54, 1.807) is 51.3 Å². The van der Waals surface area contributed by atoms with Gasteiger partial charge in [0, 0.05) is 0 Å². The Morgan fingerprint density at radius 2 is 2.00 bits per heavy atom. The van der Waals surface area contributed by atoms with E-state index in [1.165, 1.54) is 29.1 Å². The molecular formula is C25H24N2O6S. The summed E-state index contributed by atoms with van der Waals surface area (Å²) in [6, 6.07) is 11.4. The zero-order chi connectivity index (χ0) is 24.4. The van der Waals surface area contributed by atoms with Crippen molar-refractivity contribution in [3.63, 3.8) is 0 Å². The Morgan fingerprint density at radius 1 is 1.21 bits per heavy atom. The van der Waals surface area contributed by atoms with Crippen molar-refractivity contribution in [2.75, 3.05) is 20.8 Å². The molecule has 1 aromatic heterocycles. The Bertz CT molecular complexity index is 1470. The number of allylic oxidation sites excluding steroid dienone is 1. The van der Waals surface area contributed by atoms with E-state index in [0.717, 1.165) is 0 Å². The SMILES string of the molecule is CCOC(=O)C1=C(C)N=c2s/c(=C\c3ccc(O)c(OC)c3)c(=O)n2C1c1cccc(OC)c1. The van der Waals surface area contributed by atoms with E-state index in [9.17, 15) is 14.7 Å². The molecule has 1 unspecified atom stereocenters. The normalized spacial score (nSPS) is 15.5. The molecule has 2 heterocycles. The fourth-order valence-electron chi connectivity index (χ4n) is 3.85.